The second kappa shape index (κ2) is 6.13. The summed E-state index contributed by atoms with van der Waals surface area (Å²) in [6.45, 7) is 3.98. The normalized spacial score (nSPS) is 26.9. The molecule has 6 nitrogen and oxygen atoms in total. The van der Waals surface area contributed by atoms with Gasteiger partial charge in [-0.3, -0.25) is 10.1 Å². The molecule has 0 bridgehead atoms. The lowest BCUT2D eigenvalue weighted by Gasteiger charge is -2.39. The Morgan fingerprint density at radius 3 is 2.95 bits per heavy atom. The number of nitrogens with one attached hydrogen (secondary N) is 1. The van der Waals surface area contributed by atoms with E-state index in [4.69, 9.17) is 0 Å². The van der Waals surface area contributed by atoms with Crippen LogP contribution in [-0.2, 0) is 11.8 Å². The predicted molar refractivity (Wildman–Crippen MR) is 77.8 cm³/mol. The lowest BCUT2D eigenvalue weighted by Crippen LogP contribution is -2.57. The van der Waals surface area contributed by atoms with E-state index in [0.717, 1.165) is 18.0 Å². The van der Waals surface area contributed by atoms with Crippen molar-refractivity contribution in [2.75, 3.05) is 0 Å². The molecule has 0 spiro atoms. The molecule has 20 heavy (non-hydrogen) atoms. The van der Waals surface area contributed by atoms with Crippen LogP contribution in [0.25, 0.3) is 0 Å². The van der Waals surface area contributed by atoms with Crippen LogP contribution in [0.3, 0.4) is 0 Å². The molecule has 7 heteroatoms. The molecular weight excluding hydrogens is 276 g/mol. The summed E-state index contributed by atoms with van der Waals surface area (Å²) >= 11 is 1.63. The third-order valence-corrected chi connectivity index (χ3v) is 4.94. The van der Waals surface area contributed by atoms with E-state index in [2.05, 4.69) is 15.5 Å². The number of carboxylic acids is 1. The number of hydrogen-bond donors (Lipinski definition) is 2. The summed E-state index contributed by atoms with van der Waals surface area (Å²) in [7, 11) is 1.90. The number of thioether (sulfide) groups is 1. The van der Waals surface area contributed by atoms with Gasteiger partial charge in [-0.1, -0.05) is 11.8 Å². The maximum absolute atomic E-state index is 11.7. The minimum absolute atomic E-state index is 0.157. The van der Waals surface area contributed by atoms with E-state index in [-0.39, 0.29) is 11.3 Å². The Labute approximate surface area is 123 Å². The van der Waals surface area contributed by atoms with Crippen molar-refractivity contribution < 1.29 is 9.90 Å². The molecule has 1 aliphatic carbocycles. The van der Waals surface area contributed by atoms with Crippen molar-refractivity contribution in [2.24, 2.45) is 7.05 Å². The van der Waals surface area contributed by atoms with Crippen molar-refractivity contribution in [2.45, 2.75) is 61.5 Å². The minimum atomic E-state index is -0.803. The van der Waals surface area contributed by atoms with Gasteiger partial charge in [0, 0.05) is 18.3 Å². The number of nitrogens with zero attached hydrogens (tertiary/aromatic N) is 3. The van der Waals surface area contributed by atoms with E-state index in [0.29, 0.717) is 12.8 Å². The van der Waals surface area contributed by atoms with Gasteiger partial charge in [0.15, 0.2) is 5.16 Å². The average molecular weight is 298 g/mol. The largest absolute Gasteiger partial charge is 0.480 e. The molecule has 0 saturated heterocycles. The summed E-state index contributed by atoms with van der Waals surface area (Å²) in [4.78, 5) is 11.7. The van der Waals surface area contributed by atoms with Gasteiger partial charge in [-0.05, 0) is 39.5 Å². The summed E-state index contributed by atoms with van der Waals surface area (Å²) in [5.74, 6) is -0.741. The van der Waals surface area contributed by atoms with Crippen molar-refractivity contribution in [3.05, 3.63) is 6.33 Å². The van der Waals surface area contributed by atoms with Crippen LogP contribution in [0.1, 0.15) is 39.5 Å². The standard InChI is InChI=1S/C13H22N4O2S/c1-9(2)15-13(11(18)19)6-4-5-10(7-13)20-12-16-14-8-17(12)3/h8-10,15H,4-7H2,1-3H3,(H,18,19). The number of carbonyl (C=O) groups is 1. The Hall–Kier alpha value is -1.08. The van der Waals surface area contributed by atoms with Crippen LogP contribution in [0.5, 0.6) is 0 Å². The van der Waals surface area contributed by atoms with Gasteiger partial charge in [-0.25, -0.2) is 0 Å². The second-order valence-electron chi connectivity index (χ2n) is 5.75. The van der Waals surface area contributed by atoms with Crippen molar-refractivity contribution in [1.29, 1.82) is 0 Å². The fourth-order valence-corrected chi connectivity index (χ4v) is 4.05. The molecule has 0 aromatic carbocycles. The van der Waals surface area contributed by atoms with Gasteiger partial charge < -0.3 is 9.67 Å². The lowest BCUT2D eigenvalue weighted by molar-refractivity contribution is -0.146. The molecule has 0 aliphatic heterocycles. The van der Waals surface area contributed by atoms with Crippen molar-refractivity contribution in [1.82, 2.24) is 20.1 Å². The third-order valence-electron chi connectivity index (χ3n) is 3.62. The zero-order chi connectivity index (χ0) is 14.8. The Balaban J connectivity index is 2.09. The fourth-order valence-electron chi connectivity index (χ4n) is 2.79. The molecule has 2 atom stereocenters. The van der Waals surface area contributed by atoms with Crippen LogP contribution in [0, 0.1) is 0 Å². The van der Waals surface area contributed by atoms with E-state index in [9.17, 15) is 9.90 Å². The molecule has 1 aliphatic rings. The first-order valence-electron chi connectivity index (χ1n) is 6.95. The predicted octanol–water partition coefficient (Wildman–Crippen LogP) is 1.67. The van der Waals surface area contributed by atoms with E-state index < -0.39 is 11.5 Å². The van der Waals surface area contributed by atoms with Crippen LogP contribution in [-0.4, -0.2) is 42.7 Å². The molecule has 1 aromatic rings. The van der Waals surface area contributed by atoms with E-state index in [1.54, 1.807) is 18.1 Å². The maximum Gasteiger partial charge on any atom is 0.323 e. The Morgan fingerprint density at radius 2 is 2.40 bits per heavy atom. The van der Waals surface area contributed by atoms with Gasteiger partial charge in [-0.15, -0.1) is 10.2 Å². The summed E-state index contributed by atoms with van der Waals surface area (Å²) in [5, 5.41) is 21.9. The Morgan fingerprint density at radius 1 is 1.65 bits per heavy atom. The number of carboxylic acid groups (broad SMARTS) is 1. The number of aliphatic carboxylic acids is 1. The molecule has 1 heterocycles. The highest BCUT2D eigenvalue weighted by Crippen LogP contribution is 2.38. The summed E-state index contributed by atoms with van der Waals surface area (Å²) in [5.41, 5.74) is -0.803. The second-order valence-corrected chi connectivity index (χ2v) is 7.01. The first-order valence-corrected chi connectivity index (χ1v) is 7.83. The highest BCUT2D eigenvalue weighted by atomic mass is 32.2. The first-order chi connectivity index (χ1) is 9.43. The van der Waals surface area contributed by atoms with E-state index in [1.807, 2.05) is 25.5 Å². The number of hydrogen-bond acceptors (Lipinski definition) is 5. The van der Waals surface area contributed by atoms with Gasteiger partial charge in [0.05, 0.1) is 0 Å². The van der Waals surface area contributed by atoms with Gasteiger partial charge in [0.1, 0.15) is 11.9 Å². The fraction of sp³-hybridized carbons (Fsp3) is 0.769. The van der Waals surface area contributed by atoms with Crippen molar-refractivity contribution >= 4 is 17.7 Å². The average Bonchev–Trinajstić information content (AvgIpc) is 2.74. The maximum atomic E-state index is 11.7. The molecule has 1 saturated carbocycles. The molecule has 0 radical (unpaired) electrons. The van der Waals surface area contributed by atoms with Crippen LogP contribution >= 0.6 is 11.8 Å². The first kappa shape index (κ1) is 15.3. The van der Waals surface area contributed by atoms with Gasteiger partial charge in [-0.2, -0.15) is 0 Å². The number of aromatic nitrogens is 3. The van der Waals surface area contributed by atoms with Crippen LogP contribution in [0.2, 0.25) is 0 Å². The zero-order valence-corrected chi connectivity index (χ0v) is 13.0. The molecule has 1 fully saturated rings. The Kier molecular flexibility index (Phi) is 4.70. The molecular formula is C13H22N4O2S. The third kappa shape index (κ3) is 3.32. The van der Waals surface area contributed by atoms with Crippen LogP contribution in [0.15, 0.2) is 11.5 Å². The monoisotopic (exact) mass is 298 g/mol. The quantitative estimate of drug-likeness (QED) is 0.861. The van der Waals surface area contributed by atoms with Crippen molar-refractivity contribution in [3.63, 3.8) is 0 Å². The van der Waals surface area contributed by atoms with Crippen molar-refractivity contribution in [3.8, 4) is 0 Å². The zero-order valence-electron chi connectivity index (χ0n) is 12.2. The van der Waals surface area contributed by atoms with E-state index >= 15 is 0 Å². The molecule has 112 valence electrons. The Bertz CT molecular complexity index is 477. The summed E-state index contributed by atoms with van der Waals surface area (Å²) < 4.78 is 1.87. The van der Waals surface area contributed by atoms with E-state index in [1.165, 1.54) is 0 Å². The van der Waals surface area contributed by atoms with Crippen LogP contribution < -0.4 is 5.32 Å². The molecule has 2 N–H and O–H groups in total. The lowest BCUT2D eigenvalue weighted by atomic mass is 9.81. The highest BCUT2D eigenvalue weighted by molar-refractivity contribution is 7.99. The topological polar surface area (TPSA) is 80.0 Å². The number of rotatable bonds is 5. The molecule has 0 amide bonds. The highest BCUT2D eigenvalue weighted by Gasteiger charge is 2.43. The smallest absolute Gasteiger partial charge is 0.323 e. The molecule has 2 rings (SSSR count). The minimum Gasteiger partial charge on any atom is -0.480 e. The van der Waals surface area contributed by atoms with Gasteiger partial charge >= 0.3 is 5.97 Å². The van der Waals surface area contributed by atoms with Gasteiger partial charge in [0.2, 0.25) is 0 Å². The SMILES string of the molecule is CC(C)NC1(C(=O)O)CCCC(Sc2nncn2C)C1. The van der Waals surface area contributed by atoms with Gasteiger partial charge in [0.25, 0.3) is 0 Å². The summed E-state index contributed by atoms with van der Waals surface area (Å²) in [6, 6.07) is 0.157. The summed E-state index contributed by atoms with van der Waals surface area (Å²) in [6.07, 6.45) is 4.92. The number of aryl methyl sites for hydroxylation is 1. The molecule has 2 unspecified atom stereocenters. The van der Waals surface area contributed by atoms with Crippen LogP contribution in [0.4, 0.5) is 0 Å². The molecule has 1 aromatic heterocycles.